The molecule has 0 bridgehead atoms. The molecular formula is C20H32N2+2. The molecule has 2 rings (SSSR count). The molecular weight excluding hydrogens is 268 g/mol. The molecule has 0 saturated heterocycles. The lowest BCUT2D eigenvalue weighted by molar-refractivity contribution is -0.696. The van der Waals surface area contributed by atoms with E-state index in [0.29, 0.717) is 5.41 Å². The first-order valence-electron chi connectivity index (χ1n) is 8.30. The fourth-order valence-electron chi connectivity index (χ4n) is 1.75. The molecule has 2 heteroatoms. The fourth-order valence-corrected chi connectivity index (χ4v) is 1.75. The lowest BCUT2D eigenvalue weighted by Gasteiger charge is -2.12. The molecule has 0 unspecified atom stereocenters. The largest absolute Gasteiger partial charge is 0.208 e. The summed E-state index contributed by atoms with van der Waals surface area (Å²) in [4.78, 5) is 0. The summed E-state index contributed by atoms with van der Waals surface area (Å²) in [6.07, 6.45) is 10.9. The van der Waals surface area contributed by atoms with Gasteiger partial charge < -0.3 is 0 Å². The molecule has 0 atom stereocenters. The highest BCUT2D eigenvalue weighted by Gasteiger charge is 2.03. The molecule has 0 aliphatic rings. The van der Waals surface area contributed by atoms with Gasteiger partial charge in [-0.25, -0.2) is 9.13 Å². The molecule has 0 fully saturated rings. The Morgan fingerprint density at radius 1 is 0.818 bits per heavy atom. The highest BCUT2D eigenvalue weighted by atomic mass is 14.9. The molecule has 2 heterocycles. The topological polar surface area (TPSA) is 7.76 Å². The van der Waals surface area contributed by atoms with Crippen LogP contribution in [0.3, 0.4) is 0 Å². The normalized spacial score (nSPS) is 10.8. The lowest BCUT2D eigenvalue weighted by atomic mass is 9.94. The van der Waals surface area contributed by atoms with E-state index in [9.17, 15) is 0 Å². The number of rotatable bonds is 3. The number of nitrogens with zero attached hydrogens (tertiary/aromatic N) is 2. The summed E-state index contributed by atoms with van der Waals surface area (Å²) in [6.45, 7) is 12.2. The molecule has 0 aromatic carbocycles. The molecule has 2 aromatic rings. The van der Waals surface area contributed by atoms with Crippen molar-refractivity contribution in [2.75, 3.05) is 0 Å². The third-order valence-electron chi connectivity index (χ3n) is 3.75. The van der Waals surface area contributed by atoms with Crippen LogP contribution in [0.4, 0.5) is 0 Å². The van der Waals surface area contributed by atoms with Crippen molar-refractivity contribution in [2.24, 2.45) is 12.5 Å². The summed E-state index contributed by atoms with van der Waals surface area (Å²) < 4.78 is 4.26. The van der Waals surface area contributed by atoms with Crippen molar-refractivity contribution >= 4 is 0 Å². The summed E-state index contributed by atoms with van der Waals surface area (Å²) in [6, 6.07) is 8.62. The van der Waals surface area contributed by atoms with Crippen LogP contribution in [0, 0.1) is 5.41 Å². The van der Waals surface area contributed by atoms with Crippen LogP contribution < -0.4 is 9.13 Å². The van der Waals surface area contributed by atoms with Crippen LogP contribution in [0.15, 0.2) is 49.1 Å². The van der Waals surface area contributed by atoms with Gasteiger partial charge in [-0.3, -0.25) is 0 Å². The Morgan fingerprint density at radius 2 is 1.23 bits per heavy atom. The van der Waals surface area contributed by atoms with Crippen molar-refractivity contribution in [3.63, 3.8) is 0 Å². The zero-order chi connectivity index (χ0) is 16.6. The quantitative estimate of drug-likeness (QED) is 0.746. The maximum absolute atomic E-state index is 2.24. The highest BCUT2D eigenvalue weighted by molar-refractivity contribution is 5.60. The van der Waals surface area contributed by atoms with E-state index in [-0.39, 0.29) is 0 Å². The van der Waals surface area contributed by atoms with Crippen molar-refractivity contribution in [2.45, 2.75) is 54.0 Å². The average molecular weight is 300 g/mol. The number of aryl methyl sites for hydroxylation is 2. The minimum Gasteiger partial charge on any atom is -0.208 e. The second-order valence-electron chi connectivity index (χ2n) is 6.99. The second-order valence-corrected chi connectivity index (χ2v) is 6.99. The predicted octanol–water partition coefficient (Wildman–Crippen LogP) is 4.32. The van der Waals surface area contributed by atoms with Crippen LogP contribution in [0.1, 0.15) is 47.5 Å². The van der Waals surface area contributed by atoms with E-state index in [1.54, 1.807) is 0 Å². The maximum atomic E-state index is 2.24. The Hall–Kier alpha value is -1.70. The first kappa shape index (κ1) is 18.3. The van der Waals surface area contributed by atoms with Gasteiger partial charge >= 0.3 is 0 Å². The van der Waals surface area contributed by atoms with Gasteiger partial charge in [-0.05, 0) is 16.5 Å². The number of aromatic nitrogens is 2. The van der Waals surface area contributed by atoms with Gasteiger partial charge in [0.05, 0.1) is 0 Å². The van der Waals surface area contributed by atoms with E-state index in [4.69, 9.17) is 0 Å². The van der Waals surface area contributed by atoms with Gasteiger partial charge in [0.2, 0.25) is 0 Å². The van der Waals surface area contributed by atoms with Gasteiger partial charge in [0.1, 0.15) is 13.6 Å². The molecule has 0 radical (unpaired) electrons. The van der Waals surface area contributed by atoms with Gasteiger partial charge in [-0.2, -0.15) is 0 Å². The van der Waals surface area contributed by atoms with Gasteiger partial charge in [0, 0.05) is 30.7 Å². The van der Waals surface area contributed by atoms with E-state index >= 15 is 0 Å². The Morgan fingerprint density at radius 3 is 1.59 bits per heavy atom. The Kier molecular flexibility index (Phi) is 7.23. The summed E-state index contributed by atoms with van der Waals surface area (Å²) >= 11 is 0. The lowest BCUT2D eigenvalue weighted by Crippen LogP contribution is -2.31. The zero-order valence-corrected chi connectivity index (χ0v) is 15.1. The van der Waals surface area contributed by atoms with Gasteiger partial charge in [0.25, 0.3) is 0 Å². The van der Waals surface area contributed by atoms with Crippen LogP contribution >= 0.6 is 0 Å². The standard InChI is InChI=1S/C14H18N2.C6H14/c1-3-8-16-11-6-14(7-12-16)13-4-9-15(2)10-5-13;1-5-6(2,3)4/h4-7,9-12H,3,8H2,1-2H3;5H2,1-4H3/q+2;. The first-order chi connectivity index (χ1) is 10.4. The molecule has 0 saturated carbocycles. The Labute approximate surface area is 136 Å². The second kappa shape index (κ2) is 8.67. The van der Waals surface area contributed by atoms with E-state index in [1.807, 2.05) is 11.6 Å². The predicted molar refractivity (Wildman–Crippen MR) is 93.3 cm³/mol. The molecule has 0 spiro atoms. The van der Waals surface area contributed by atoms with Gasteiger partial charge in [-0.1, -0.05) is 41.0 Å². The fraction of sp³-hybridized carbons (Fsp3) is 0.500. The van der Waals surface area contributed by atoms with Crippen molar-refractivity contribution in [1.29, 1.82) is 0 Å². The SMILES string of the molecule is CCC(C)(C)C.CCC[n+]1ccc(-c2cc[n+](C)cc2)cc1. The summed E-state index contributed by atoms with van der Waals surface area (Å²) in [5.41, 5.74) is 3.08. The third-order valence-corrected chi connectivity index (χ3v) is 3.75. The summed E-state index contributed by atoms with van der Waals surface area (Å²) in [7, 11) is 2.03. The Bertz CT molecular complexity index is 533. The van der Waals surface area contributed by atoms with E-state index in [0.717, 1.165) is 6.54 Å². The number of hydrogen-bond acceptors (Lipinski definition) is 0. The van der Waals surface area contributed by atoms with E-state index < -0.39 is 0 Å². The minimum absolute atomic E-state index is 0.542. The van der Waals surface area contributed by atoms with Crippen molar-refractivity contribution < 1.29 is 9.13 Å². The molecule has 120 valence electrons. The smallest absolute Gasteiger partial charge is 0.169 e. The molecule has 2 nitrogen and oxygen atoms in total. The third kappa shape index (κ3) is 6.84. The molecule has 22 heavy (non-hydrogen) atoms. The molecule has 0 N–H and O–H groups in total. The van der Waals surface area contributed by atoms with Crippen molar-refractivity contribution in [3.05, 3.63) is 49.1 Å². The Balaban J connectivity index is 0.000000346. The maximum Gasteiger partial charge on any atom is 0.169 e. The van der Waals surface area contributed by atoms with Crippen molar-refractivity contribution in [1.82, 2.24) is 0 Å². The number of hydrogen-bond donors (Lipinski definition) is 0. The molecule has 0 aliphatic carbocycles. The van der Waals surface area contributed by atoms with E-state index in [2.05, 4.69) is 88.2 Å². The van der Waals surface area contributed by atoms with Gasteiger partial charge in [-0.15, -0.1) is 0 Å². The van der Waals surface area contributed by atoms with Crippen LogP contribution in [0.25, 0.3) is 11.1 Å². The van der Waals surface area contributed by atoms with E-state index in [1.165, 1.54) is 24.0 Å². The van der Waals surface area contributed by atoms with Crippen LogP contribution in [-0.4, -0.2) is 0 Å². The number of pyridine rings is 2. The van der Waals surface area contributed by atoms with Crippen LogP contribution in [0.5, 0.6) is 0 Å². The highest BCUT2D eigenvalue weighted by Crippen LogP contribution is 2.16. The van der Waals surface area contributed by atoms with Crippen LogP contribution in [-0.2, 0) is 13.6 Å². The van der Waals surface area contributed by atoms with Gasteiger partial charge in [0.15, 0.2) is 24.8 Å². The monoisotopic (exact) mass is 300 g/mol. The van der Waals surface area contributed by atoms with Crippen LogP contribution in [0.2, 0.25) is 0 Å². The molecule has 0 aliphatic heterocycles. The van der Waals surface area contributed by atoms with Crippen molar-refractivity contribution in [3.8, 4) is 11.1 Å². The zero-order valence-electron chi connectivity index (χ0n) is 15.1. The molecule has 2 aromatic heterocycles. The molecule has 0 amide bonds. The summed E-state index contributed by atoms with van der Waals surface area (Å²) in [5.74, 6) is 0. The average Bonchev–Trinajstić information content (AvgIpc) is 2.49. The minimum atomic E-state index is 0.542. The summed E-state index contributed by atoms with van der Waals surface area (Å²) in [5, 5.41) is 0. The first-order valence-corrected chi connectivity index (χ1v) is 8.30.